The number of amides is 1. The number of pyridine rings is 1. The summed E-state index contributed by atoms with van der Waals surface area (Å²) in [6.07, 6.45) is 1.66. The lowest BCUT2D eigenvalue weighted by Crippen LogP contribution is -2.15. The van der Waals surface area contributed by atoms with E-state index in [9.17, 15) is 4.79 Å². The highest BCUT2D eigenvalue weighted by Crippen LogP contribution is 2.20. The van der Waals surface area contributed by atoms with Gasteiger partial charge in [-0.15, -0.1) is 11.8 Å². The maximum Gasteiger partial charge on any atom is 0.235 e. The van der Waals surface area contributed by atoms with Crippen LogP contribution in [0.1, 0.15) is 5.56 Å². The maximum absolute atomic E-state index is 11.8. The van der Waals surface area contributed by atoms with E-state index in [1.54, 1.807) is 6.20 Å². The van der Waals surface area contributed by atoms with Crippen molar-refractivity contribution in [3.05, 3.63) is 53.2 Å². The monoisotopic (exact) mass is 292 g/mol. The minimum atomic E-state index is -0.0678. The SMILES string of the molecule is Cc1cccnc1NC(=O)CSc1ccc(Cl)cc1. The second-order valence-electron chi connectivity index (χ2n) is 3.96. The number of anilines is 1. The molecule has 19 heavy (non-hydrogen) atoms. The number of nitrogens with zero attached hydrogens (tertiary/aromatic N) is 1. The molecule has 0 saturated heterocycles. The molecule has 0 aliphatic heterocycles. The fraction of sp³-hybridized carbons (Fsp3) is 0.143. The lowest BCUT2D eigenvalue weighted by atomic mass is 10.3. The molecule has 0 fully saturated rings. The number of carbonyl (C=O) groups is 1. The summed E-state index contributed by atoms with van der Waals surface area (Å²) in [5.74, 6) is 0.892. The molecule has 0 unspecified atom stereocenters. The molecule has 1 N–H and O–H groups in total. The molecule has 1 heterocycles. The van der Waals surface area contributed by atoms with Gasteiger partial charge in [0.05, 0.1) is 5.75 Å². The van der Waals surface area contributed by atoms with Crippen molar-refractivity contribution in [1.29, 1.82) is 0 Å². The van der Waals surface area contributed by atoms with Gasteiger partial charge in [0.2, 0.25) is 5.91 Å². The largest absolute Gasteiger partial charge is 0.310 e. The second-order valence-corrected chi connectivity index (χ2v) is 5.44. The maximum atomic E-state index is 11.8. The van der Waals surface area contributed by atoms with Crippen LogP contribution < -0.4 is 5.32 Å². The van der Waals surface area contributed by atoms with Crippen molar-refractivity contribution in [3.63, 3.8) is 0 Å². The number of carbonyl (C=O) groups excluding carboxylic acids is 1. The zero-order valence-corrected chi connectivity index (χ0v) is 12.0. The Hall–Kier alpha value is -1.52. The quantitative estimate of drug-likeness (QED) is 0.872. The van der Waals surface area contributed by atoms with Crippen molar-refractivity contribution >= 4 is 35.1 Å². The molecule has 5 heteroatoms. The summed E-state index contributed by atoms with van der Waals surface area (Å²) in [4.78, 5) is 16.9. The molecule has 2 aromatic rings. The number of halogens is 1. The first-order valence-electron chi connectivity index (χ1n) is 5.75. The van der Waals surface area contributed by atoms with Crippen LogP contribution >= 0.6 is 23.4 Å². The molecule has 0 spiro atoms. The van der Waals surface area contributed by atoms with Gasteiger partial charge in [0.15, 0.2) is 0 Å². The molecule has 98 valence electrons. The minimum absolute atomic E-state index is 0.0678. The molecule has 0 bridgehead atoms. The Morgan fingerprint density at radius 2 is 2.05 bits per heavy atom. The molecule has 0 atom stereocenters. The summed E-state index contributed by atoms with van der Waals surface area (Å²) >= 11 is 7.27. The van der Waals surface area contributed by atoms with Gasteiger partial charge in [0.25, 0.3) is 0 Å². The van der Waals surface area contributed by atoms with E-state index in [2.05, 4.69) is 10.3 Å². The third kappa shape index (κ3) is 4.26. The highest BCUT2D eigenvalue weighted by molar-refractivity contribution is 8.00. The van der Waals surface area contributed by atoms with Crippen molar-refractivity contribution in [2.75, 3.05) is 11.1 Å². The Morgan fingerprint density at radius 1 is 1.32 bits per heavy atom. The van der Waals surface area contributed by atoms with Crippen molar-refractivity contribution in [3.8, 4) is 0 Å². The normalized spacial score (nSPS) is 10.2. The highest BCUT2D eigenvalue weighted by Gasteiger charge is 2.06. The summed E-state index contributed by atoms with van der Waals surface area (Å²) in [5, 5.41) is 3.49. The third-order valence-corrected chi connectivity index (χ3v) is 3.71. The van der Waals surface area contributed by atoms with Crippen LogP contribution in [0.5, 0.6) is 0 Å². The van der Waals surface area contributed by atoms with Gasteiger partial charge in [-0.3, -0.25) is 4.79 Å². The molecule has 1 aromatic heterocycles. The molecule has 1 aromatic carbocycles. The van der Waals surface area contributed by atoms with Crippen LogP contribution in [0.3, 0.4) is 0 Å². The predicted octanol–water partition coefficient (Wildman–Crippen LogP) is 3.77. The van der Waals surface area contributed by atoms with Gasteiger partial charge >= 0.3 is 0 Å². The Bertz CT molecular complexity index is 572. The summed E-state index contributed by atoms with van der Waals surface area (Å²) in [6, 6.07) is 11.2. The van der Waals surface area contributed by atoms with Gasteiger partial charge in [0.1, 0.15) is 5.82 Å². The molecular weight excluding hydrogens is 280 g/mol. The molecule has 0 saturated carbocycles. The third-order valence-electron chi connectivity index (χ3n) is 2.45. The molecule has 0 aliphatic carbocycles. The Morgan fingerprint density at radius 3 is 2.74 bits per heavy atom. The lowest BCUT2D eigenvalue weighted by molar-refractivity contribution is -0.113. The van der Waals surface area contributed by atoms with Gasteiger partial charge in [-0.05, 0) is 42.8 Å². The van der Waals surface area contributed by atoms with Gasteiger partial charge < -0.3 is 5.32 Å². The van der Waals surface area contributed by atoms with Gasteiger partial charge in [-0.2, -0.15) is 0 Å². The van der Waals surface area contributed by atoms with E-state index in [0.717, 1.165) is 10.5 Å². The number of hydrogen-bond donors (Lipinski definition) is 1. The summed E-state index contributed by atoms with van der Waals surface area (Å²) in [6.45, 7) is 1.91. The molecule has 0 radical (unpaired) electrons. The van der Waals surface area contributed by atoms with Crippen molar-refractivity contribution in [2.24, 2.45) is 0 Å². The van der Waals surface area contributed by atoms with Crippen LogP contribution in [0.15, 0.2) is 47.5 Å². The van der Waals surface area contributed by atoms with Crippen molar-refractivity contribution in [2.45, 2.75) is 11.8 Å². The average molecular weight is 293 g/mol. The van der Waals surface area contributed by atoms with E-state index < -0.39 is 0 Å². The number of aromatic nitrogens is 1. The smallest absolute Gasteiger partial charge is 0.235 e. The number of benzene rings is 1. The zero-order chi connectivity index (χ0) is 13.7. The van der Waals surface area contributed by atoms with E-state index >= 15 is 0 Å². The van der Waals surface area contributed by atoms with Crippen LogP contribution in [0.4, 0.5) is 5.82 Å². The van der Waals surface area contributed by atoms with Crippen LogP contribution in [-0.4, -0.2) is 16.6 Å². The predicted molar refractivity (Wildman–Crippen MR) is 79.8 cm³/mol. The van der Waals surface area contributed by atoms with E-state index in [1.807, 2.05) is 43.3 Å². The molecule has 3 nitrogen and oxygen atoms in total. The Labute approximate surface area is 121 Å². The number of rotatable bonds is 4. The van der Waals surface area contributed by atoms with Crippen LogP contribution in [0, 0.1) is 6.92 Å². The Kier molecular flexibility index (Phi) is 4.82. The van der Waals surface area contributed by atoms with Crippen molar-refractivity contribution in [1.82, 2.24) is 4.98 Å². The Balaban J connectivity index is 1.88. The summed E-state index contributed by atoms with van der Waals surface area (Å²) in [5.41, 5.74) is 0.951. The number of aryl methyl sites for hydroxylation is 1. The minimum Gasteiger partial charge on any atom is -0.310 e. The van der Waals surface area contributed by atoms with E-state index in [4.69, 9.17) is 11.6 Å². The summed E-state index contributed by atoms with van der Waals surface area (Å²) in [7, 11) is 0. The standard InChI is InChI=1S/C14H13ClN2OS/c1-10-3-2-8-16-14(10)17-13(18)9-19-12-6-4-11(15)5-7-12/h2-8H,9H2,1H3,(H,16,17,18). The van der Waals surface area contributed by atoms with Gasteiger partial charge in [-0.1, -0.05) is 17.7 Å². The molecule has 1 amide bonds. The van der Waals surface area contributed by atoms with E-state index in [-0.39, 0.29) is 5.91 Å². The average Bonchev–Trinajstić information content (AvgIpc) is 2.41. The van der Waals surface area contributed by atoms with Crippen LogP contribution in [0.2, 0.25) is 5.02 Å². The fourth-order valence-corrected chi connectivity index (χ4v) is 2.29. The molecule has 2 rings (SSSR count). The molecule has 0 aliphatic rings. The first kappa shape index (κ1) is 13.9. The first-order valence-corrected chi connectivity index (χ1v) is 7.11. The number of hydrogen-bond acceptors (Lipinski definition) is 3. The first-order chi connectivity index (χ1) is 9.15. The number of nitrogens with one attached hydrogen (secondary N) is 1. The molecular formula is C14H13ClN2OS. The highest BCUT2D eigenvalue weighted by atomic mass is 35.5. The van der Waals surface area contributed by atoms with Gasteiger partial charge in [0, 0.05) is 16.1 Å². The van der Waals surface area contributed by atoms with Crippen LogP contribution in [-0.2, 0) is 4.79 Å². The topological polar surface area (TPSA) is 42.0 Å². The van der Waals surface area contributed by atoms with Gasteiger partial charge in [-0.25, -0.2) is 4.98 Å². The van der Waals surface area contributed by atoms with Crippen LogP contribution in [0.25, 0.3) is 0 Å². The van der Waals surface area contributed by atoms with E-state index in [1.165, 1.54) is 11.8 Å². The lowest BCUT2D eigenvalue weighted by Gasteiger charge is -2.06. The van der Waals surface area contributed by atoms with Crippen molar-refractivity contribution < 1.29 is 4.79 Å². The van der Waals surface area contributed by atoms with E-state index in [0.29, 0.717) is 16.6 Å². The zero-order valence-electron chi connectivity index (χ0n) is 10.4. The second kappa shape index (κ2) is 6.59. The fourth-order valence-electron chi connectivity index (χ4n) is 1.46. The number of thioether (sulfide) groups is 1. The summed E-state index contributed by atoms with van der Waals surface area (Å²) < 4.78 is 0.